The maximum atomic E-state index is 10.4. The highest BCUT2D eigenvalue weighted by molar-refractivity contribution is 7.95. The Morgan fingerprint density at radius 3 is 3.14 bits per heavy atom. The van der Waals surface area contributed by atoms with Gasteiger partial charge in [0.15, 0.2) is 0 Å². The lowest BCUT2D eigenvalue weighted by molar-refractivity contribution is -0.130. The van der Waals surface area contributed by atoms with Crippen LogP contribution in [0.2, 0.25) is 0 Å². The molecular formula is C10H13NO2S. The summed E-state index contributed by atoms with van der Waals surface area (Å²) in [5.74, 6) is 0.588. The fourth-order valence-electron chi connectivity index (χ4n) is 1.01. The molecule has 1 rings (SSSR count). The lowest BCUT2D eigenvalue weighted by atomic mass is 10.2. The second kappa shape index (κ2) is 6.43. The summed E-state index contributed by atoms with van der Waals surface area (Å²) < 4.78 is 4.74. The van der Waals surface area contributed by atoms with E-state index in [0.29, 0.717) is 0 Å². The molecule has 0 bridgehead atoms. The Morgan fingerprint density at radius 2 is 2.50 bits per heavy atom. The standard InChI is InChI=1S/C10H13NO2S/c1-9(12)13-14-7-3-5-10-4-2-6-11-8-10/h2,4,6,8H,3,5,7H2,1H3. The predicted octanol–water partition coefficient (Wildman–Crippen LogP) is 2.23. The van der Waals surface area contributed by atoms with Gasteiger partial charge in [0.05, 0.1) is 12.0 Å². The summed E-state index contributed by atoms with van der Waals surface area (Å²) in [6.45, 7) is 1.41. The van der Waals surface area contributed by atoms with E-state index in [-0.39, 0.29) is 5.97 Å². The molecule has 0 aliphatic rings. The highest BCUT2D eigenvalue weighted by atomic mass is 32.2. The van der Waals surface area contributed by atoms with Gasteiger partial charge in [0, 0.05) is 25.1 Å². The van der Waals surface area contributed by atoms with E-state index in [4.69, 9.17) is 4.18 Å². The lowest BCUT2D eigenvalue weighted by Gasteiger charge is -2.00. The molecule has 0 aliphatic carbocycles. The number of hydrogen-bond acceptors (Lipinski definition) is 4. The molecule has 0 saturated carbocycles. The van der Waals surface area contributed by atoms with Crippen LogP contribution in [0.3, 0.4) is 0 Å². The molecule has 0 unspecified atom stereocenters. The fourth-order valence-corrected chi connectivity index (χ4v) is 1.52. The smallest absolute Gasteiger partial charge is 0.314 e. The number of carbonyl (C=O) groups excluding carboxylic acids is 1. The van der Waals surface area contributed by atoms with Gasteiger partial charge in [-0.15, -0.1) is 0 Å². The minimum atomic E-state index is -0.239. The summed E-state index contributed by atoms with van der Waals surface area (Å²) in [6, 6.07) is 3.97. The van der Waals surface area contributed by atoms with Gasteiger partial charge < -0.3 is 4.18 Å². The number of pyridine rings is 1. The van der Waals surface area contributed by atoms with Crippen molar-refractivity contribution in [1.82, 2.24) is 4.98 Å². The van der Waals surface area contributed by atoms with Crippen molar-refractivity contribution in [3.63, 3.8) is 0 Å². The van der Waals surface area contributed by atoms with Crippen molar-refractivity contribution in [3.8, 4) is 0 Å². The largest absolute Gasteiger partial charge is 0.392 e. The zero-order chi connectivity index (χ0) is 10.2. The van der Waals surface area contributed by atoms with E-state index in [0.717, 1.165) is 18.6 Å². The van der Waals surface area contributed by atoms with E-state index in [1.807, 2.05) is 18.3 Å². The molecule has 0 amide bonds. The quantitative estimate of drug-likeness (QED) is 0.553. The topological polar surface area (TPSA) is 39.2 Å². The second-order valence-corrected chi connectivity index (χ2v) is 3.67. The summed E-state index contributed by atoms with van der Waals surface area (Å²) >= 11 is 1.21. The van der Waals surface area contributed by atoms with Gasteiger partial charge in [-0.05, 0) is 24.5 Å². The minimum absolute atomic E-state index is 0.239. The Labute approximate surface area is 88.1 Å². The molecule has 0 aliphatic heterocycles. The molecule has 3 nitrogen and oxygen atoms in total. The van der Waals surface area contributed by atoms with Crippen molar-refractivity contribution in [2.24, 2.45) is 0 Å². The molecule has 0 N–H and O–H groups in total. The van der Waals surface area contributed by atoms with Gasteiger partial charge in [-0.1, -0.05) is 6.07 Å². The average Bonchev–Trinajstić information content (AvgIpc) is 2.18. The minimum Gasteiger partial charge on any atom is -0.392 e. The number of aryl methyl sites for hydroxylation is 1. The maximum absolute atomic E-state index is 10.4. The SMILES string of the molecule is CC(=O)OSCCCc1cccnc1. The second-order valence-electron chi connectivity index (χ2n) is 2.86. The van der Waals surface area contributed by atoms with Crippen molar-refractivity contribution in [3.05, 3.63) is 30.1 Å². The number of nitrogens with zero attached hydrogens (tertiary/aromatic N) is 1. The molecule has 1 aromatic heterocycles. The van der Waals surface area contributed by atoms with Gasteiger partial charge in [0.1, 0.15) is 0 Å². The van der Waals surface area contributed by atoms with Crippen molar-refractivity contribution in [2.75, 3.05) is 5.75 Å². The van der Waals surface area contributed by atoms with E-state index >= 15 is 0 Å². The van der Waals surface area contributed by atoms with Gasteiger partial charge in [0.25, 0.3) is 0 Å². The third kappa shape index (κ3) is 4.87. The number of hydrogen-bond donors (Lipinski definition) is 0. The summed E-state index contributed by atoms with van der Waals surface area (Å²) in [5.41, 5.74) is 1.22. The van der Waals surface area contributed by atoms with Crippen molar-refractivity contribution in [2.45, 2.75) is 19.8 Å². The first-order valence-corrected chi connectivity index (χ1v) is 5.39. The first-order valence-electron chi connectivity index (χ1n) is 4.48. The first-order chi connectivity index (χ1) is 6.79. The van der Waals surface area contributed by atoms with Crippen molar-refractivity contribution >= 4 is 18.0 Å². The summed E-state index contributed by atoms with van der Waals surface area (Å²) in [7, 11) is 0. The fraction of sp³-hybridized carbons (Fsp3) is 0.400. The summed E-state index contributed by atoms with van der Waals surface area (Å²) in [5, 5.41) is 0. The van der Waals surface area contributed by atoms with Crippen LogP contribution in [0.25, 0.3) is 0 Å². The molecule has 0 saturated heterocycles. The zero-order valence-corrected chi connectivity index (χ0v) is 8.92. The normalized spacial score (nSPS) is 9.79. The van der Waals surface area contributed by atoms with Gasteiger partial charge in [0.2, 0.25) is 0 Å². The molecule has 1 heterocycles. The van der Waals surface area contributed by atoms with Crippen molar-refractivity contribution in [1.29, 1.82) is 0 Å². The van der Waals surface area contributed by atoms with E-state index in [1.54, 1.807) is 6.20 Å². The van der Waals surface area contributed by atoms with E-state index in [1.165, 1.54) is 24.5 Å². The van der Waals surface area contributed by atoms with Crippen LogP contribution in [0.15, 0.2) is 24.5 Å². The Kier molecular flexibility index (Phi) is 5.07. The zero-order valence-electron chi connectivity index (χ0n) is 8.10. The monoisotopic (exact) mass is 211 g/mol. The molecule has 0 aromatic carbocycles. The number of aromatic nitrogens is 1. The van der Waals surface area contributed by atoms with Crippen LogP contribution < -0.4 is 0 Å². The molecular weight excluding hydrogens is 198 g/mol. The highest BCUT2D eigenvalue weighted by Crippen LogP contribution is 2.08. The average molecular weight is 211 g/mol. The van der Waals surface area contributed by atoms with Crippen LogP contribution in [-0.4, -0.2) is 16.7 Å². The number of carbonyl (C=O) groups is 1. The van der Waals surface area contributed by atoms with Crippen LogP contribution in [0, 0.1) is 0 Å². The Bertz CT molecular complexity index is 277. The van der Waals surface area contributed by atoms with Crippen LogP contribution in [0.5, 0.6) is 0 Å². The van der Waals surface area contributed by atoms with Crippen LogP contribution in [0.4, 0.5) is 0 Å². The molecule has 14 heavy (non-hydrogen) atoms. The van der Waals surface area contributed by atoms with Gasteiger partial charge in [-0.2, -0.15) is 0 Å². The van der Waals surface area contributed by atoms with Gasteiger partial charge in [-0.3, -0.25) is 9.78 Å². The molecule has 1 aromatic rings. The van der Waals surface area contributed by atoms with Crippen LogP contribution in [-0.2, 0) is 15.4 Å². The molecule has 0 spiro atoms. The lowest BCUT2D eigenvalue weighted by Crippen LogP contribution is -1.93. The summed E-state index contributed by atoms with van der Waals surface area (Å²) in [6.07, 6.45) is 5.58. The molecule has 0 radical (unpaired) electrons. The predicted molar refractivity (Wildman–Crippen MR) is 56.8 cm³/mol. The van der Waals surface area contributed by atoms with Crippen LogP contribution in [0.1, 0.15) is 18.9 Å². The molecule has 0 atom stereocenters. The Balaban J connectivity index is 2.08. The van der Waals surface area contributed by atoms with Gasteiger partial charge >= 0.3 is 5.97 Å². The Morgan fingerprint density at radius 1 is 1.64 bits per heavy atom. The van der Waals surface area contributed by atoms with Crippen LogP contribution >= 0.6 is 12.0 Å². The molecule has 4 heteroatoms. The first kappa shape index (κ1) is 11.0. The third-order valence-electron chi connectivity index (χ3n) is 1.59. The highest BCUT2D eigenvalue weighted by Gasteiger charge is 1.96. The van der Waals surface area contributed by atoms with E-state index < -0.39 is 0 Å². The molecule has 76 valence electrons. The van der Waals surface area contributed by atoms with Crippen molar-refractivity contribution < 1.29 is 8.98 Å². The van der Waals surface area contributed by atoms with E-state index in [9.17, 15) is 4.79 Å². The number of rotatable bonds is 5. The molecule has 0 fully saturated rings. The Hall–Kier alpha value is -1.03. The summed E-state index contributed by atoms with van der Waals surface area (Å²) in [4.78, 5) is 14.4. The third-order valence-corrected chi connectivity index (χ3v) is 2.40. The van der Waals surface area contributed by atoms with E-state index in [2.05, 4.69) is 4.98 Å². The van der Waals surface area contributed by atoms with Gasteiger partial charge in [-0.25, -0.2) is 0 Å². The maximum Gasteiger partial charge on any atom is 0.314 e.